The minimum atomic E-state index is -3.33. The van der Waals surface area contributed by atoms with Gasteiger partial charge in [0, 0.05) is 32.6 Å². The normalized spacial score (nSPS) is 16.8. The highest BCUT2D eigenvalue weighted by atomic mass is 32.2. The van der Waals surface area contributed by atoms with E-state index >= 15 is 0 Å². The Labute approximate surface area is 168 Å². The molecule has 2 heterocycles. The summed E-state index contributed by atoms with van der Waals surface area (Å²) in [6.45, 7) is 9.63. The fourth-order valence-corrected chi connectivity index (χ4v) is 4.47. The second-order valence-corrected chi connectivity index (χ2v) is 9.71. The number of nitrogens with zero attached hydrogens (tertiary/aromatic N) is 4. The Hall–Kier alpha value is -1.77. The molecule has 1 aromatic carbocycles. The van der Waals surface area contributed by atoms with E-state index in [0.717, 1.165) is 44.8 Å². The average Bonchev–Trinajstić information content (AvgIpc) is 2.93. The van der Waals surface area contributed by atoms with Gasteiger partial charge in [0.15, 0.2) is 5.82 Å². The van der Waals surface area contributed by atoms with Crippen LogP contribution in [0.15, 0.2) is 24.3 Å². The number of fused-ring (bicyclic) bond motifs is 1. The van der Waals surface area contributed by atoms with Crippen LogP contribution in [0.1, 0.15) is 49.6 Å². The van der Waals surface area contributed by atoms with E-state index in [2.05, 4.69) is 55.6 Å². The molecule has 1 N–H and O–H groups in total. The lowest BCUT2D eigenvalue weighted by Gasteiger charge is -2.22. The van der Waals surface area contributed by atoms with Crippen molar-refractivity contribution in [3.05, 3.63) is 47.0 Å². The zero-order chi connectivity index (χ0) is 20.3. The number of aromatic nitrogens is 3. The predicted octanol–water partition coefficient (Wildman–Crippen LogP) is 2.15. The number of nitrogens with one attached hydrogen (secondary N) is 1. The minimum absolute atomic E-state index is 0.0828. The van der Waals surface area contributed by atoms with Gasteiger partial charge in [-0.05, 0) is 23.5 Å². The summed E-state index contributed by atoms with van der Waals surface area (Å²) in [4.78, 5) is 2.42. The first-order valence-electron chi connectivity index (χ1n) is 9.96. The van der Waals surface area contributed by atoms with Crippen molar-refractivity contribution in [3.8, 4) is 0 Å². The van der Waals surface area contributed by atoms with Gasteiger partial charge in [-0.3, -0.25) is 4.90 Å². The van der Waals surface area contributed by atoms with Crippen LogP contribution in [0.4, 0.5) is 0 Å². The van der Waals surface area contributed by atoms with Crippen molar-refractivity contribution >= 4 is 10.0 Å². The monoisotopic (exact) mass is 405 g/mol. The second-order valence-electron chi connectivity index (χ2n) is 7.93. The summed E-state index contributed by atoms with van der Waals surface area (Å²) in [7, 11) is -3.33. The van der Waals surface area contributed by atoms with Crippen LogP contribution in [0.3, 0.4) is 0 Å². The van der Waals surface area contributed by atoms with Crippen molar-refractivity contribution in [1.82, 2.24) is 24.4 Å². The highest BCUT2D eigenvalue weighted by Gasteiger charge is 2.28. The Morgan fingerprint density at radius 1 is 1.07 bits per heavy atom. The Morgan fingerprint density at radius 3 is 2.36 bits per heavy atom. The Kier molecular flexibility index (Phi) is 6.52. The fraction of sp³-hybridized carbons (Fsp3) is 0.600. The maximum atomic E-state index is 11.8. The van der Waals surface area contributed by atoms with Crippen LogP contribution < -0.4 is 4.72 Å². The van der Waals surface area contributed by atoms with E-state index in [1.807, 2.05) is 13.8 Å². The molecule has 1 aliphatic rings. The van der Waals surface area contributed by atoms with Gasteiger partial charge in [-0.1, -0.05) is 45.0 Å². The van der Waals surface area contributed by atoms with Crippen LogP contribution in [0, 0.1) is 5.92 Å². The summed E-state index contributed by atoms with van der Waals surface area (Å²) in [5.41, 5.74) is 2.67. The van der Waals surface area contributed by atoms with Gasteiger partial charge in [-0.2, -0.15) is 0 Å². The molecule has 3 rings (SSSR count). The van der Waals surface area contributed by atoms with E-state index in [4.69, 9.17) is 0 Å². The number of hydrogen-bond acceptors (Lipinski definition) is 5. The first-order valence-corrected chi connectivity index (χ1v) is 11.9. The molecule has 0 radical (unpaired) electrons. The summed E-state index contributed by atoms with van der Waals surface area (Å²) in [6.07, 6.45) is 3.05. The molecule has 0 saturated carbocycles. The van der Waals surface area contributed by atoms with E-state index in [1.165, 1.54) is 17.4 Å². The van der Waals surface area contributed by atoms with Gasteiger partial charge in [-0.25, -0.2) is 13.1 Å². The Morgan fingerprint density at radius 2 is 1.75 bits per heavy atom. The van der Waals surface area contributed by atoms with Gasteiger partial charge in [0.25, 0.3) is 0 Å². The third-order valence-corrected chi connectivity index (χ3v) is 5.95. The third-order valence-electron chi connectivity index (χ3n) is 5.27. The topological polar surface area (TPSA) is 80.1 Å². The molecule has 0 spiro atoms. The molecule has 0 amide bonds. The number of rotatable bonds is 7. The summed E-state index contributed by atoms with van der Waals surface area (Å²) in [6, 6.07) is 8.44. The number of hydrogen-bond donors (Lipinski definition) is 1. The summed E-state index contributed by atoms with van der Waals surface area (Å²) in [5.74, 6) is 1.73. The van der Waals surface area contributed by atoms with Crippen molar-refractivity contribution in [2.24, 2.45) is 5.92 Å². The average molecular weight is 406 g/mol. The van der Waals surface area contributed by atoms with Crippen molar-refractivity contribution in [1.29, 1.82) is 0 Å². The lowest BCUT2D eigenvalue weighted by atomic mass is 10.1. The molecule has 8 heteroatoms. The quantitative estimate of drug-likeness (QED) is 0.763. The molecule has 154 valence electrons. The van der Waals surface area contributed by atoms with Crippen LogP contribution in [0.25, 0.3) is 0 Å². The van der Waals surface area contributed by atoms with Crippen molar-refractivity contribution < 1.29 is 8.42 Å². The predicted molar refractivity (Wildman–Crippen MR) is 110 cm³/mol. The molecule has 1 unspecified atom stereocenters. The molecule has 1 aromatic heterocycles. The standard InChI is InChI=1S/C20H31N5O2S/c1-5-16-6-8-17(9-7-16)14-24-11-10-18-21-22-20(25(18)13-12-24)19(15(2)3)23-28(4,26)27/h6-9,15,19,23H,5,10-14H2,1-4H3. The summed E-state index contributed by atoms with van der Waals surface area (Å²) in [5, 5.41) is 8.71. The number of sulfonamides is 1. The van der Waals surface area contributed by atoms with Crippen molar-refractivity contribution in [3.63, 3.8) is 0 Å². The first-order chi connectivity index (χ1) is 13.3. The molecule has 1 aliphatic heterocycles. The van der Waals surface area contributed by atoms with E-state index in [9.17, 15) is 8.42 Å². The van der Waals surface area contributed by atoms with Gasteiger partial charge >= 0.3 is 0 Å². The molecule has 0 fully saturated rings. The fourth-order valence-electron chi connectivity index (χ4n) is 3.63. The second kappa shape index (κ2) is 8.71. The highest BCUT2D eigenvalue weighted by molar-refractivity contribution is 7.88. The third kappa shape index (κ3) is 5.18. The first kappa shape index (κ1) is 21.0. The van der Waals surface area contributed by atoms with Crippen LogP contribution in [0.2, 0.25) is 0 Å². The van der Waals surface area contributed by atoms with Crippen LogP contribution in [0.5, 0.6) is 0 Å². The number of aryl methyl sites for hydroxylation is 1. The molecule has 0 bridgehead atoms. The number of benzene rings is 1. The van der Waals surface area contributed by atoms with Crippen LogP contribution in [-0.4, -0.2) is 47.4 Å². The van der Waals surface area contributed by atoms with Crippen LogP contribution in [-0.2, 0) is 36.0 Å². The lowest BCUT2D eigenvalue weighted by molar-refractivity contribution is 0.269. The van der Waals surface area contributed by atoms with Gasteiger partial charge in [0.2, 0.25) is 10.0 Å². The molecule has 2 aromatic rings. The van der Waals surface area contributed by atoms with Gasteiger partial charge in [0.1, 0.15) is 5.82 Å². The Bertz CT molecular complexity index is 890. The molecule has 7 nitrogen and oxygen atoms in total. The smallest absolute Gasteiger partial charge is 0.209 e. The molecule has 1 atom stereocenters. The molecule has 28 heavy (non-hydrogen) atoms. The largest absolute Gasteiger partial charge is 0.312 e. The van der Waals surface area contributed by atoms with E-state index in [1.54, 1.807) is 0 Å². The molecule has 0 aliphatic carbocycles. The van der Waals surface area contributed by atoms with E-state index in [-0.39, 0.29) is 12.0 Å². The minimum Gasteiger partial charge on any atom is -0.312 e. The highest BCUT2D eigenvalue weighted by Crippen LogP contribution is 2.23. The molecular formula is C20H31N5O2S. The van der Waals surface area contributed by atoms with Crippen LogP contribution >= 0.6 is 0 Å². The summed E-state index contributed by atoms with van der Waals surface area (Å²) >= 11 is 0. The van der Waals surface area contributed by atoms with Gasteiger partial charge in [0.05, 0.1) is 12.3 Å². The van der Waals surface area contributed by atoms with Crippen molar-refractivity contribution in [2.45, 2.75) is 52.7 Å². The molecule has 0 saturated heterocycles. The SMILES string of the molecule is CCc1ccc(CN2CCc3nnc(C(NS(C)(=O)=O)C(C)C)n3CC2)cc1. The van der Waals surface area contributed by atoms with Crippen molar-refractivity contribution in [2.75, 3.05) is 19.3 Å². The van der Waals surface area contributed by atoms with E-state index in [0.29, 0.717) is 5.82 Å². The van der Waals surface area contributed by atoms with E-state index < -0.39 is 10.0 Å². The lowest BCUT2D eigenvalue weighted by Crippen LogP contribution is -2.33. The zero-order valence-electron chi connectivity index (χ0n) is 17.2. The molecular weight excluding hydrogens is 374 g/mol. The Balaban J connectivity index is 1.73. The van der Waals surface area contributed by atoms with Gasteiger partial charge in [-0.15, -0.1) is 10.2 Å². The maximum Gasteiger partial charge on any atom is 0.209 e. The maximum absolute atomic E-state index is 11.8. The summed E-state index contributed by atoms with van der Waals surface area (Å²) < 4.78 is 28.4. The van der Waals surface area contributed by atoms with Gasteiger partial charge < -0.3 is 4.57 Å². The zero-order valence-corrected chi connectivity index (χ0v) is 18.0.